The van der Waals surface area contributed by atoms with E-state index in [-0.39, 0.29) is 0 Å². The molecule has 0 saturated carbocycles. The zero-order valence-corrected chi connectivity index (χ0v) is 26.9. The van der Waals surface area contributed by atoms with Gasteiger partial charge in [0.2, 0.25) is 0 Å². The Bertz CT molecular complexity index is 2770. The lowest BCUT2D eigenvalue weighted by atomic mass is 9.97. The van der Waals surface area contributed by atoms with Crippen molar-refractivity contribution in [2.45, 2.75) is 0 Å². The van der Waals surface area contributed by atoms with Crippen molar-refractivity contribution in [3.05, 3.63) is 170 Å². The van der Waals surface area contributed by atoms with Gasteiger partial charge in [0.25, 0.3) is 0 Å². The predicted octanol–water partition coefficient (Wildman–Crippen LogP) is 12.5. The van der Waals surface area contributed by atoms with Gasteiger partial charge >= 0.3 is 0 Å². The first-order valence-corrected chi connectivity index (χ1v) is 16.7. The molecule has 234 valence electrons. The van der Waals surface area contributed by atoms with Crippen LogP contribution in [-0.2, 0) is 0 Å². The lowest BCUT2D eigenvalue weighted by Crippen LogP contribution is -2.01. The Morgan fingerprint density at radius 2 is 0.820 bits per heavy atom. The standard InChI is InChI=1S/C46H28N2O2/c1-2-12-29(13-3-1)43-39-22-8-9-23-40(39)47-46(48-43)34-17-11-16-32(27-34)30-14-10-15-31(26-30)33-24-25-41-42(28-33)50-45-38-21-7-5-19-36(38)35-18-4-6-20-37(35)44(45)49-41/h1-28H. The SMILES string of the molecule is c1ccc(-c2nc(-c3cccc(-c4cccc(-c5ccc6c(c5)Oc5c(c7ccccc7c7ccccc57)O6)c4)c3)nc3ccccc23)cc1. The Morgan fingerprint density at radius 3 is 1.50 bits per heavy atom. The molecule has 0 unspecified atom stereocenters. The van der Waals surface area contributed by atoms with E-state index in [0.717, 1.165) is 83.0 Å². The minimum Gasteiger partial charge on any atom is -0.449 e. The Morgan fingerprint density at radius 1 is 0.320 bits per heavy atom. The van der Waals surface area contributed by atoms with Gasteiger partial charge < -0.3 is 9.47 Å². The summed E-state index contributed by atoms with van der Waals surface area (Å²) >= 11 is 0. The maximum Gasteiger partial charge on any atom is 0.178 e. The average Bonchev–Trinajstić information content (AvgIpc) is 3.20. The molecule has 0 fully saturated rings. The predicted molar refractivity (Wildman–Crippen MR) is 203 cm³/mol. The molecule has 0 spiro atoms. The molecule has 0 radical (unpaired) electrons. The van der Waals surface area contributed by atoms with Gasteiger partial charge in [0.15, 0.2) is 28.8 Å². The number of aromatic nitrogens is 2. The number of benzene rings is 8. The number of fused-ring (bicyclic) bond motifs is 8. The van der Waals surface area contributed by atoms with E-state index in [9.17, 15) is 0 Å². The summed E-state index contributed by atoms with van der Waals surface area (Å²) in [6.45, 7) is 0. The summed E-state index contributed by atoms with van der Waals surface area (Å²) in [4.78, 5) is 10.1. The fourth-order valence-corrected chi connectivity index (χ4v) is 7.09. The largest absolute Gasteiger partial charge is 0.449 e. The van der Waals surface area contributed by atoms with Gasteiger partial charge in [-0.3, -0.25) is 0 Å². The highest BCUT2D eigenvalue weighted by atomic mass is 16.6. The number of hydrogen-bond acceptors (Lipinski definition) is 4. The molecule has 0 N–H and O–H groups in total. The molecular weight excluding hydrogens is 613 g/mol. The number of para-hydroxylation sites is 1. The second kappa shape index (κ2) is 11.4. The van der Waals surface area contributed by atoms with Crippen LogP contribution in [0.3, 0.4) is 0 Å². The summed E-state index contributed by atoms with van der Waals surface area (Å²) in [6.07, 6.45) is 0. The van der Waals surface area contributed by atoms with Crippen LogP contribution in [0.4, 0.5) is 0 Å². The van der Waals surface area contributed by atoms with Crippen LogP contribution in [-0.4, -0.2) is 9.97 Å². The van der Waals surface area contributed by atoms with E-state index in [2.05, 4.69) is 121 Å². The van der Waals surface area contributed by atoms with Crippen LogP contribution in [0, 0.1) is 0 Å². The van der Waals surface area contributed by atoms with Gasteiger partial charge in [-0.15, -0.1) is 0 Å². The van der Waals surface area contributed by atoms with Crippen molar-refractivity contribution in [3.8, 4) is 67.9 Å². The summed E-state index contributed by atoms with van der Waals surface area (Å²) in [5.74, 6) is 3.61. The number of hydrogen-bond donors (Lipinski definition) is 0. The Kier molecular flexibility index (Phi) is 6.46. The van der Waals surface area contributed by atoms with Gasteiger partial charge in [-0.05, 0) is 63.4 Å². The van der Waals surface area contributed by atoms with Crippen molar-refractivity contribution in [2.75, 3.05) is 0 Å². The van der Waals surface area contributed by atoms with Crippen molar-refractivity contribution < 1.29 is 9.47 Å². The fraction of sp³-hybridized carbons (Fsp3) is 0. The minimum atomic E-state index is 0.700. The quantitative estimate of drug-likeness (QED) is 0.180. The van der Waals surface area contributed by atoms with Crippen molar-refractivity contribution in [3.63, 3.8) is 0 Å². The molecule has 0 bridgehead atoms. The highest BCUT2D eigenvalue weighted by molar-refractivity contribution is 6.14. The minimum absolute atomic E-state index is 0.700. The molecule has 4 nitrogen and oxygen atoms in total. The van der Waals surface area contributed by atoms with Crippen LogP contribution < -0.4 is 9.47 Å². The molecule has 2 heterocycles. The van der Waals surface area contributed by atoms with Crippen LogP contribution >= 0.6 is 0 Å². The van der Waals surface area contributed by atoms with Crippen LogP contribution in [0.15, 0.2) is 170 Å². The second-order valence-corrected chi connectivity index (χ2v) is 12.6. The monoisotopic (exact) mass is 640 g/mol. The van der Waals surface area contributed by atoms with E-state index >= 15 is 0 Å². The normalized spacial score (nSPS) is 11.9. The van der Waals surface area contributed by atoms with E-state index in [0.29, 0.717) is 17.3 Å². The molecule has 10 rings (SSSR count). The third-order valence-electron chi connectivity index (χ3n) is 9.51. The Labute approximate surface area is 288 Å². The van der Waals surface area contributed by atoms with Crippen LogP contribution in [0.25, 0.3) is 77.3 Å². The van der Waals surface area contributed by atoms with Gasteiger partial charge in [-0.2, -0.15) is 0 Å². The van der Waals surface area contributed by atoms with Crippen LogP contribution in [0.1, 0.15) is 0 Å². The maximum atomic E-state index is 6.67. The van der Waals surface area contributed by atoms with E-state index in [1.165, 1.54) is 0 Å². The lowest BCUT2D eigenvalue weighted by molar-refractivity contribution is 0.367. The van der Waals surface area contributed by atoms with Crippen molar-refractivity contribution in [1.82, 2.24) is 9.97 Å². The maximum absolute atomic E-state index is 6.67. The Hall–Kier alpha value is -6.78. The molecule has 50 heavy (non-hydrogen) atoms. The molecule has 1 aromatic heterocycles. The summed E-state index contributed by atoms with van der Waals surface area (Å²) in [5.41, 5.74) is 8.21. The smallest absolute Gasteiger partial charge is 0.178 e. The van der Waals surface area contributed by atoms with E-state index in [1.54, 1.807) is 0 Å². The number of rotatable bonds is 4. The van der Waals surface area contributed by atoms with Crippen molar-refractivity contribution in [1.29, 1.82) is 0 Å². The van der Waals surface area contributed by atoms with E-state index in [1.807, 2.05) is 48.5 Å². The molecule has 4 heteroatoms. The van der Waals surface area contributed by atoms with Crippen molar-refractivity contribution in [2.24, 2.45) is 0 Å². The summed E-state index contributed by atoms with van der Waals surface area (Å²) in [6, 6.07) is 58.4. The summed E-state index contributed by atoms with van der Waals surface area (Å²) in [5, 5.41) is 5.40. The summed E-state index contributed by atoms with van der Waals surface area (Å²) in [7, 11) is 0. The van der Waals surface area contributed by atoms with E-state index in [4.69, 9.17) is 19.4 Å². The fourth-order valence-electron chi connectivity index (χ4n) is 7.09. The van der Waals surface area contributed by atoms with Gasteiger partial charge in [-0.25, -0.2) is 9.97 Å². The highest BCUT2D eigenvalue weighted by Crippen LogP contribution is 2.53. The molecular formula is C46H28N2O2. The molecule has 9 aromatic rings. The zero-order chi connectivity index (χ0) is 33.0. The first-order valence-electron chi connectivity index (χ1n) is 16.7. The topological polar surface area (TPSA) is 44.2 Å². The van der Waals surface area contributed by atoms with Gasteiger partial charge in [-0.1, -0.05) is 140 Å². The molecule has 1 aliphatic rings. The third kappa shape index (κ3) is 4.69. The number of ether oxygens (including phenoxy) is 2. The highest BCUT2D eigenvalue weighted by Gasteiger charge is 2.25. The van der Waals surface area contributed by atoms with Crippen LogP contribution in [0.5, 0.6) is 23.0 Å². The lowest BCUT2D eigenvalue weighted by Gasteiger charge is -2.24. The first kappa shape index (κ1) is 28.3. The van der Waals surface area contributed by atoms with E-state index < -0.39 is 0 Å². The van der Waals surface area contributed by atoms with Crippen LogP contribution in [0.2, 0.25) is 0 Å². The second-order valence-electron chi connectivity index (χ2n) is 12.6. The molecule has 8 aromatic carbocycles. The molecule has 0 saturated heterocycles. The van der Waals surface area contributed by atoms with Gasteiger partial charge in [0.1, 0.15) is 0 Å². The summed E-state index contributed by atoms with van der Waals surface area (Å²) < 4.78 is 13.2. The average molecular weight is 641 g/mol. The third-order valence-corrected chi connectivity index (χ3v) is 9.51. The zero-order valence-electron chi connectivity index (χ0n) is 26.9. The molecule has 0 atom stereocenters. The Balaban J connectivity index is 1.02. The molecule has 1 aliphatic heterocycles. The molecule has 0 amide bonds. The van der Waals surface area contributed by atoms with Gasteiger partial charge in [0.05, 0.1) is 11.2 Å². The molecule has 0 aliphatic carbocycles. The van der Waals surface area contributed by atoms with Crippen molar-refractivity contribution >= 4 is 32.4 Å². The van der Waals surface area contributed by atoms with Gasteiger partial charge in [0, 0.05) is 27.3 Å². The number of nitrogens with zero attached hydrogens (tertiary/aromatic N) is 2. The first-order chi connectivity index (χ1) is 24.8.